The number of rotatable bonds is 2. The lowest BCUT2D eigenvalue weighted by Crippen LogP contribution is -1.99. The first-order valence-electron chi connectivity index (χ1n) is 4.04. The van der Waals surface area contributed by atoms with Crippen molar-refractivity contribution in [1.82, 2.24) is 4.98 Å². The molecule has 0 aliphatic rings. The van der Waals surface area contributed by atoms with Gasteiger partial charge in [0, 0.05) is 11.8 Å². The molecule has 1 rings (SSSR count). The van der Waals surface area contributed by atoms with Gasteiger partial charge in [0.1, 0.15) is 5.82 Å². The molecule has 0 saturated carbocycles. The second-order valence-corrected chi connectivity index (χ2v) is 2.95. The Kier molecular flexibility index (Phi) is 2.96. The van der Waals surface area contributed by atoms with Gasteiger partial charge in [-0.3, -0.25) is 4.98 Å². The van der Waals surface area contributed by atoms with Crippen LogP contribution in [0.3, 0.4) is 0 Å². The highest BCUT2D eigenvalue weighted by Gasteiger charge is 2.07. The van der Waals surface area contributed by atoms with Crippen molar-refractivity contribution in [1.29, 1.82) is 0 Å². The minimum Gasteiger partial charge on any atom is -0.478 e. The molecule has 0 aliphatic carbocycles. The number of carboxylic acids is 1. The maximum atomic E-state index is 12.8. The molecule has 74 valence electrons. The fourth-order valence-corrected chi connectivity index (χ4v) is 0.994. The average Bonchev–Trinajstić information content (AvgIpc) is 2.15. The fraction of sp³-hybridized carbons (Fsp3) is 0.200. The van der Waals surface area contributed by atoms with E-state index >= 15 is 0 Å². The number of pyridine rings is 1. The number of allylic oxidation sites excluding steroid dienone is 1. The molecule has 1 heterocycles. The zero-order chi connectivity index (χ0) is 10.7. The monoisotopic (exact) mass is 195 g/mol. The number of carbonyl (C=O) groups is 1. The summed E-state index contributed by atoms with van der Waals surface area (Å²) in [6.07, 6.45) is 2.51. The number of halogens is 1. The first-order chi connectivity index (χ1) is 6.52. The fourth-order valence-electron chi connectivity index (χ4n) is 0.994. The van der Waals surface area contributed by atoms with Gasteiger partial charge >= 0.3 is 5.97 Å². The lowest BCUT2D eigenvalue weighted by Gasteiger charge is -2.03. The molecule has 1 aromatic heterocycles. The molecule has 0 unspecified atom stereocenters. The molecule has 1 N–H and O–H groups in total. The van der Waals surface area contributed by atoms with Crippen LogP contribution in [0.1, 0.15) is 19.4 Å². The van der Waals surface area contributed by atoms with Gasteiger partial charge in [-0.05, 0) is 31.1 Å². The van der Waals surface area contributed by atoms with Crippen molar-refractivity contribution in [2.75, 3.05) is 0 Å². The lowest BCUT2D eigenvalue weighted by atomic mass is 10.0. The highest BCUT2D eigenvalue weighted by molar-refractivity contribution is 5.95. The topological polar surface area (TPSA) is 50.2 Å². The highest BCUT2D eigenvalue weighted by Crippen LogP contribution is 2.17. The Balaban J connectivity index is 3.18. The average molecular weight is 195 g/mol. The Labute approximate surface area is 80.9 Å². The van der Waals surface area contributed by atoms with Crippen LogP contribution in [0.5, 0.6) is 0 Å². The third-order valence-electron chi connectivity index (χ3n) is 2.02. The Morgan fingerprint density at radius 3 is 2.57 bits per heavy atom. The Bertz CT molecular complexity index is 399. The molecule has 0 bridgehead atoms. The van der Waals surface area contributed by atoms with Crippen molar-refractivity contribution in [3.63, 3.8) is 0 Å². The van der Waals surface area contributed by atoms with E-state index in [9.17, 15) is 9.18 Å². The minimum atomic E-state index is -1.01. The summed E-state index contributed by atoms with van der Waals surface area (Å²) in [6, 6.07) is 1.26. The highest BCUT2D eigenvalue weighted by atomic mass is 19.1. The molecule has 0 radical (unpaired) electrons. The summed E-state index contributed by atoms with van der Waals surface area (Å²) in [4.78, 5) is 14.3. The van der Waals surface area contributed by atoms with Crippen LogP contribution in [0, 0.1) is 5.82 Å². The number of aliphatic carboxylic acids is 1. The molecule has 0 aliphatic heterocycles. The summed E-state index contributed by atoms with van der Waals surface area (Å²) in [5, 5.41) is 8.71. The molecule has 0 aromatic carbocycles. The van der Waals surface area contributed by atoms with E-state index in [-0.39, 0.29) is 5.57 Å². The SMILES string of the molecule is C/C(C(=O)O)=C(/C)c1cncc(F)c1. The molecule has 1 aromatic rings. The number of aromatic nitrogens is 1. The maximum Gasteiger partial charge on any atom is 0.331 e. The molecule has 0 spiro atoms. The summed E-state index contributed by atoms with van der Waals surface area (Å²) in [7, 11) is 0. The molecule has 0 fully saturated rings. The van der Waals surface area contributed by atoms with Crippen LogP contribution in [0.15, 0.2) is 24.0 Å². The van der Waals surface area contributed by atoms with E-state index in [2.05, 4.69) is 4.98 Å². The second kappa shape index (κ2) is 4.00. The van der Waals surface area contributed by atoms with E-state index in [1.54, 1.807) is 6.92 Å². The van der Waals surface area contributed by atoms with Gasteiger partial charge in [0.15, 0.2) is 0 Å². The summed E-state index contributed by atoms with van der Waals surface area (Å²) in [6.45, 7) is 3.10. The Hall–Kier alpha value is -1.71. The van der Waals surface area contributed by atoms with Gasteiger partial charge in [0.05, 0.1) is 6.20 Å². The molecule has 0 atom stereocenters. The van der Waals surface area contributed by atoms with Gasteiger partial charge in [-0.2, -0.15) is 0 Å². The molecule has 0 amide bonds. The molecule has 14 heavy (non-hydrogen) atoms. The van der Waals surface area contributed by atoms with Crippen molar-refractivity contribution >= 4 is 11.5 Å². The minimum absolute atomic E-state index is 0.192. The van der Waals surface area contributed by atoms with Crippen molar-refractivity contribution in [3.05, 3.63) is 35.4 Å². The predicted molar refractivity (Wildman–Crippen MR) is 50.1 cm³/mol. The van der Waals surface area contributed by atoms with Gasteiger partial charge < -0.3 is 5.11 Å². The van der Waals surface area contributed by atoms with Gasteiger partial charge in [-0.1, -0.05) is 0 Å². The van der Waals surface area contributed by atoms with Crippen molar-refractivity contribution < 1.29 is 14.3 Å². The number of hydrogen-bond acceptors (Lipinski definition) is 2. The van der Waals surface area contributed by atoms with E-state index < -0.39 is 11.8 Å². The van der Waals surface area contributed by atoms with Gasteiger partial charge in [0.2, 0.25) is 0 Å². The van der Waals surface area contributed by atoms with Crippen LogP contribution in [-0.4, -0.2) is 16.1 Å². The summed E-state index contributed by atoms with van der Waals surface area (Å²) >= 11 is 0. The molecule has 3 nitrogen and oxygen atoms in total. The third kappa shape index (κ3) is 2.16. The maximum absolute atomic E-state index is 12.8. The van der Waals surface area contributed by atoms with Crippen LogP contribution < -0.4 is 0 Å². The van der Waals surface area contributed by atoms with Gasteiger partial charge in [-0.25, -0.2) is 9.18 Å². The van der Waals surface area contributed by atoms with Gasteiger partial charge in [-0.15, -0.1) is 0 Å². The van der Waals surface area contributed by atoms with E-state index in [1.165, 1.54) is 19.2 Å². The smallest absolute Gasteiger partial charge is 0.331 e. The standard InChI is InChI=1S/C10H10FNO2/c1-6(7(2)10(13)14)8-3-9(11)5-12-4-8/h3-5H,1-2H3,(H,13,14)/b7-6+. The van der Waals surface area contributed by atoms with E-state index in [0.29, 0.717) is 11.1 Å². The van der Waals surface area contributed by atoms with E-state index in [1.807, 2.05) is 0 Å². The Morgan fingerprint density at radius 2 is 2.07 bits per heavy atom. The lowest BCUT2D eigenvalue weighted by molar-refractivity contribution is -0.132. The number of carboxylic acid groups (broad SMARTS) is 1. The summed E-state index contributed by atoms with van der Waals surface area (Å²) in [5.74, 6) is -1.48. The number of hydrogen-bond donors (Lipinski definition) is 1. The predicted octanol–water partition coefficient (Wildman–Crippen LogP) is 2.10. The summed E-state index contributed by atoms with van der Waals surface area (Å²) in [5.41, 5.74) is 1.20. The largest absolute Gasteiger partial charge is 0.478 e. The zero-order valence-corrected chi connectivity index (χ0v) is 7.91. The van der Waals surface area contributed by atoms with Crippen LogP contribution in [0.25, 0.3) is 5.57 Å². The quantitative estimate of drug-likeness (QED) is 0.735. The van der Waals surface area contributed by atoms with E-state index in [0.717, 1.165) is 6.20 Å². The first-order valence-corrected chi connectivity index (χ1v) is 4.04. The van der Waals surface area contributed by atoms with Gasteiger partial charge in [0.25, 0.3) is 0 Å². The Morgan fingerprint density at radius 1 is 1.43 bits per heavy atom. The first kappa shape index (κ1) is 10.4. The van der Waals surface area contributed by atoms with Crippen LogP contribution in [0.2, 0.25) is 0 Å². The van der Waals surface area contributed by atoms with Crippen molar-refractivity contribution in [2.24, 2.45) is 0 Å². The molecule has 0 saturated heterocycles. The number of nitrogens with zero attached hydrogens (tertiary/aromatic N) is 1. The van der Waals surface area contributed by atoms with Crippen LogP contribution in [-0.2, 0) is 4.79 Å². The second-order valence-electron chi connectivity index (χ2n) is 2.95. The molecular formula is C10H10FNO2. The van der Waals surface area contributed by atoms with Crippen LogP contribution in [0.4, 0.5) is 4.39 Å². The van der Waals surface area contributed by atoms with Crippen LogP contribution >= 0.6 is 0 Å². The van der Waals surface area contributed by atoms with E-state index in [4.69, 9.17) is 5.11 Å². The normalized spacial score (nSPS) is 12.2. The van der Waals surface area contributed by atoms with Crippen molar-refractivity contribution in [2.45, 2.75) is 13.8 Å². The van der Waals surface area contributed by atoms with Crippen molar-refractivity contribution in [3.8, 4) is 0 Å². The molecule has 4 heteroatoms. The third-order valence-corrected chi connectivity index (χ3v) is 2.02. The molecular weight excluding hydrogens is 185 g/mol. The summed E-state index contributed by atoms with van der Waals surface area (Å²) < 4.78 is 12.8. The zero-order valence-electron chi connectivity index (χ0n) is 7.91.